The van der Waals surface area contributed by atoms with Crippen molar-refractivity contribution >= 4 is 28.3 Å². The molecule has 0 aromatic heterocycles. The van der Waals surface area contributed by atoms with E-state index in [1.165, 1.54) is 11.8 Å². The highest BCUT2D eigenvalue weighted by molar-refractivity contribution is 8.23. The lowest BCUT2D eigenvalue weighted by Gasteiger charge is -2.36. The molecule has 0 aliphatic carbocycles. The summed E-state index contributed by atoms with van der Waals surface area (Å²) in [5, 5.41) is 3.31. The normalized spacial score (nSPS) is 23.1. The Morgan fingerprint density at radius 1 is 1.55 bits per heavy atom. The van der Waals surface area contributed by atoms with Crippen molar-refractivity contribution in [2.75, 3.05) is 33.2 Å². The lowest BCUT2D eigenvalue weighted by molar-refractivity contribution is -0.816. The summed E-state index contributed by atoms with van der Waals surface area (Å²) in [6, 6.07) is 0. The number of quaternary nitrogens is 1. The summed E-state index contributed by atoms with van der Waals surface area (Å²) in [7, 11) is 2.18. The molecule has 63 valence electrons. The number of thioether (sulfide) groups is 1. The van der Waals surface area contributed by atoms with E-state index in [2.05, 4.69) is 18.6 Å². The van der Waals surface area contributed by atoms with E-state index in [-0.39, 0.29) is 0 Å². The molecule has 0 spiro atoms. The molecule has 11 heavy (non-hydrogen) atoms. The van der Waals surface area contributed by atoms with Crippen LogP contribution < -0.4 is 5.32 Å². The summed E-state index contributed by atoms with van der Waals surface area (Å²) in [6.45, 7) is 4.33. The van der Waals surface area contributed by atoms with Gasteiger partial charge in [-0.1, -0.05) is 11.8 Å². The minimum Gasteiger partial charge on any atom is -0.306 e. The van der Waals surface area contributed by atoms with Gasteiger partial charge >= 0.3 is 0 Å². The van der Waals surface area contributed by atoms with Crippen LogP contribution in [0.1, 0.15) is 0 Å². The molecular weight excluding hydrogens is 176 g/mol. The van der Waals surface area contributed by atoms with Crippen LogP contribution >= 0.6 is 24.0 Å². The predicted octanol–water partition coefficient (Wildman–Crippen LogP) is 0.846. The van der Waals surface area contributed by atoms with E-state index in [0.717, 1.165) is 35.0 Å². The van der Waals surface area contributed by atoms with Crippen molar-refractivity contribution in [2.24, 2.45) is 0 Å². The number of nitrogens with zero attached hydrogens (tertiary/aromatic N) is 1. The maximum atomic E-state index is 5.23. The number of hydrogen-bond donors (Lipinski definition) is 1. The Morgan fingerprint density at radius 2 is 2.09 bits per heavy atom. The van der Waals surface area contributed by atoms with Gasteiger partial charge in [-0.25, -0.2) is 0 Å². The number of rotatable bonds is 0. The van der Waals surface area contributed by atoms with Crippen molar-refractivity contribution in [3.63, 3.8) is 0 Å². The second kappa shape index (κ2) is 3.85. The number of nitrogens with one attached hydrogen (secondary N) is 1. The van der Waals surface area contributed by atoms with Gasteiger partial charge in [0.1, 0.15) is 0 Å². The van der Waals surface area contributed by atoms with E-state index in [1.807, 2.05) is 0 Å². The van der Waals surface area contributed by atoms with Gasteiger partial charge in [-0.05, 0) is 12.2 Å². The van der Waals surface area contributed by atoms with Gasteiger partial charge in [0.05, 0.1) is 20.1 Å². The van der Waals surface area contributed by atoms with Crippen LogP contribution in [0.15, 0.2) is 0 Å². The van der Waals surface area contributed by atoms with Crippen LogP contribution in [-0.4, -0.2) is 42.0 Å². The third-order valence-electron chi connectivity index (χ3n) is 2.13. The van der Waals surface area contributed by atoms with Crippen molar-refractivity contribution in [2.45, 2.75) is 0 Å². The lowest BCUT2D eigenvalue weighted by Crippen LogP contribution is -2.57. The smallest absolute Gasteiger partial charge is 0.233 e. The van der Waals surface area contributed by atoms with E-state index in [1.54, 1.807) is 0 Å². The molecule has 0 aromatic carbocycles. The Bertz CT molecular complexity index is 153. The zero-order valence-corrected chi connectivity index (χ0v) is 8.43. The van der Waals surface area contributed by atoms with Crippen molar-refractivity contribution < 1.29 is 4.48 Å². The summed E-state index contributed by atoms with van der Waals surface area (Å²) in [4.78, 5) is 0. The van der Waals surface area contributed by atoms with Crippen LogP contribution in [-0.2, 0) is 0 Å². The van der Waals surface area contributed by atoms with Gasteiger partial charge in [-0.3, -0.25) is 4.48 Å². The van der Waals surface area contributed by atoms with Gasteiger partial charge in [-0.15, -0.1) is 0 Å². The molecule has 1 heterocycles. The van der Waals surface area contributed by atoms with Gasteiger partial charge in [0.25, 0.3) is 0 Å². The summed E-state index contributed by atoms with van der Waals surface area (Å²) in [5.74, 6) is 0. The molecular formula is C7H14N2S2+. The molecule has 0 amide bonds. The van der Waals surface area contributed by atoms with Crippen LogP contribution in [0.3, 0.4) is 0 Å². The van der Waals surface area contributed by atoms with Crippen molar-refractivity contribution in [3.05, 3.63) is 6.26 Å². The van der Waals surface area contributed by atoms with Gasteiger partial charge in [-0.2, -0.15) is 0 Å². The summed E-state index contributed by atoms with van der Waals surface area (Å²) >= 11 is 6.69. The maximum absolute atomic E-state index is 5.23. The molecule has 1 N–H and O–H groups in total. The second-order valence-corrected chi connectivity index (χ2v) is 4.32. The molecule has 0 unspecified atom stereocenters. The Kier molecular flexibility index (Phi) is 3.30. The monoisotopic (exact) mass is 190 g/mol. The Labute approximate surface area is 77.9 Å². The van der Waals surface area contributed by atoms with Crippen LogP contribution in [0.2, 0.25) is 0 Å². The molecule has 1 saturated heterocycles. The van der Waals surface area contributed by atoms with E-state index in [0.29, 0.717) is 0 Å². The zero-order valence-electron chi connectivity index (χ0n) is 6.80. The highest BCUT2D eigenvalue weighted by Gasteiger charge is 2.29. The first-order valence-corrected chi connectivity index (χ1v) is 5.10. The molecule has 1 aliphatic rings. The second-order valence-electron chi connectivity index (χ2n) is 3.00. The first-order valence-electron chi connectivity index (χ1n) is 3.71. The number of hydrogen-bond acceptors (Lipinski definition) is 3. The highest BCUT2D eigenvalue weighted by Crippen LogP contribution is 2.15. The topological polar surface area (TPSA) is 12.0 Å². The number of piperazine rings is 1. The van der Waals surface area contributed by atoms with Crippen LogP contribution in [0.4, 0.5) is 0 Å². The standard InChI is InChI=1S/C7H14N2S2/c1-9(7(10)11-2)5-3-8-4-6-9/h8H,2-6H2,1H3/q+1. The molecule has 0 saturated carbocycles. The third kappa shape index (κ3) is 2.15. The first-order chi connectivity index (χ1) is 5.19. The van der Waals surface area contributed by atoms with Gasteiger partial charge < -0.3 is 5.32 Å². The average Bonchev–Trinajstić information content (AvgIpc) is 2.04. The fourth-order valence-corrected chi connectivity index (χ4v) is 1.90. The molecule has 4 heteroatoms. The van der Waals surface area contributed by atoms with Crippen molar-refractivity contribution in [3.8, 4) is 0 Å². The SMILES string of the molecule is [CH2]SC(=S)[N+]1(C)CCNCC1. The van der Waals surface area contributed by atoms with Gasteiger partial charge in [0, 0.05) is 19.3 Å². The number of thiocarbonyl (C=S) groups is 1. The highest BCUT2D eigenvalue weighted by atomic mass is 32.2. The van der Waals surface area contributed by atoms with Gasteiger partial charge in [0.15, 0.2) is 0 Å². The fraction of sp³-hybridized carbons (Fsp3) is 0.714. The number of likely N-dealkylation sites (N-methyl/N-ethyl adjacent to an activating group) is 1. The maximum Gasteiger partial charge on any atom is 0.233 e. The molecule has 0 atom stereocenters. The molecule has 1 aliphatic heterocycles. The van der Waals surface area contributed by atoms with E-state index in [4.69, 9.17) is 12.2 Å². The quantitative estimate of drug-likeness (QED) is 0.449. The van der Waals surface area contributed by atoms with Crippen LogP contribution in [0.25, 0.3) is 0 Å². The van der Waals surface area contributed by atoms with Gasteiger partial charge in [0.2, 0.25) is 4.32 Å². The predicted molar refractivity (Wildman–Crippen MR) is 54.3 cm³/mol. The average molecular weight is 190 g/mol. The fourth-order valence-electron chi connectivity index (χ4n) is 1.23. The van der Waals surface area contributed by atoms with Crippen molar-refractivity contribution in [1.82, 2.24) is 5.32 Å². The minimum absolute atomic E-state index is 0.899. The minimum atomic E-state index is 0.899. The molecule has 1 rings (SSSR count). The van der Waals surface area contributed by atoms with Crippen LogP contribution in [0.5, 0.6) is 0 Å². The summed E-state index contributed by atoms with van der Waals surface area (Å²) in [6.07, 6.45) is 3.75. The Hall–Kier alpha value is 0.360. The summed E-state index contributed by atoms with van der Waals surface area (Å²) < 4.78 is 1.91. The molecule has 2 nitrogen and oxygen atoms in total. The molecule has 0 aromatic rings. The van der Waals surface area contributed by atoms with Crippen LogP contribution in [0, 0.1) is 6.26 Å². The largest absolute Gasteiger partial charge is 0.306 e. The van der Waals surface area contributed by atoms with E-state index in [9.17, 15) is 0 Å². The Morgan fingerprint density at radius 3 is 2.55 bits per heavy atom. The zero-order chi connectivity index (χ0) is 8.32. The van der Waals surface area contributed by atoms with E-state index < -0.39 is 0 Å². The third-order valence-corrected chi connectivity index (χ3v) is 3.61. The molecule has 0 bridgehead atoms. The molecule has 1 fully saturated rings. The van der Waals surface area contributed by atoms with Crippen molar-refractivity contribution in [1.29, 1.82) is 0 Å². The first kappa shape index (κ1) is 9.45. The van der Waals surface area contributed by atoms with E-state index >= 15 is 0 Å². The lowest BCUT2D eigenvalue weighted by atomic mass is 10.3. The Balaban J connectivity index is 2.56. The summed E-state index contributed by atoms with van der Waals surface area (Å²) in [5.41, 5.74) is 0. The molecule has 1 radical (unpaired) electrons.